The molecule has 3 aromatic rings. The largest absolute Gasteiger partial charge is 0.435 e. The summed E-state index contributed by atoms with van der Waals surface area (Å²) in [4.78, 5) is 22.3. The van der Waals surface area contributed by atoms with Crippen molar-refractivity contribution in [2.24, 2.45) is 0 Å². The van der Waals surface area contributed by atoms with Gasteiger partial charge in [0.1, 0.15) is 17.3 Å². The van der Waals surface area contributed by atoms with E-state index in [0.29, 0.717) is 11.6 Å². The van der Waals surface area contributed by atoms with Crippen LogP contribution in [0.5, 0.6) is 5.75 Å². The molecule has 31 heavy (non-hydrogen) atoms. The van der Waals surface area contributed by atoms with Crippen LogP contribution in [0.1, 0.15) is 0 Å². The first-order chi connectivity index (χ1) is 14.7. The molecule has 10 nitrogen and oxygen atoms in total. The van der Waals surface area contributed by atoms with Crippen molar-refractivity contribution in [2.45, 2.75) is 11.8 Å². The number of rotatable bonds is 8. The Bertz CT molecular complexity index is 1110. The Morgan fingerprint density at radius 2 is 1.97 bits per heavy atom. The Hall–Kier alpha value is -3.81. The number of thioether (sulfide) groups is 1. The third-order valence-electron chi connectivity index (χ3n) is 3.77. The molecule has 0 fully saturated rings. The van der Waals surface area contributed by atoms with Gasteiger partial charge in [0.2, 0.25) is 11.1 Å². The van der Waals surface area contributed by atoms with Crippen molar-refractivity contribution in [3.63, 3.8) is 0 Å². The van der Waals surface area contributed by atoms with E-state index < -0.39 is 28.9 Å². The molecule has 14 heteroatoms. The minimum absolute atomic E-state index is 0.0389. The van der Waals surface area contributed by atoms with Crippen LogP contribution < -0.4 is 15.9 Å². The van der Waals surface area contributed by atoms with Gasteiger partial charge >= 0.3 is 6.61 Å². The van der Waals surface area contributed by atoms with E-state index in [-0.39, 0.29) is 28.2 Å². The molecule has 0 aliphatic carbocycles. The topological polar surface area (TPSA) is 138 Å². The smallest absolute Gasteiger partial charge is 0.387 e. The molecule has 2 aromatic carbocycles. The summed E-state index contributed by atoms with van der Waals surface area (Å²) in [5.41, 5.74) is -0.269. The van der Waals surface area contributed by atoms with E-state index in [1.807, 2.05) is 0 Å². The number of benzene rings is 2. The predicted octanol–water partition coefficient (Wildman–Crippen LogP) is 3.04. The average Bonchev–Trinajstić information content (AvgIpc) is 3.08. The standard InChI is InChI=1S/C17H13F3N6O4S/c18-10-3-6-12(13(7-10)26(28)29)22-14(27)8-31-17-24-23-15(25(17)21)9-1-4-11(5-2-9)30-16(19)20/h1-7,16H,8,21H2,(H,22,27). The van der Waals surface area contributed by atoms with Crippen LogP contribution >= 0.6 is 11.8 Å². The Balaban J connectivity index is 1.65. The molecule has 0 spiro atoms. The molecular weight excluding hydrogens is 441 g/mol. The quantitative estimate of drug-likeness (QED) is 0.229. The number of halogens is 3. The van der Waals surface area contributed by atoms with E-state index in [2.05, 4.69) is 20.3 Å². The van der Waals surface area contributed by atoms with E-state index >= 15 is 0 Å². The maximum absolute atomic E-state index is 13.2. The highest BCUT2D eigenvalue weighted by Gasteiger charge is 2.18. The number of nitrogens with zero attached hydrogens (tertiary/aromatic N) is 4. The summed E-state index contributed by atoms with van der Waals surface area (Å²) in [7, 11) is 0. The monoisotopic (exact) mass is 454 g/mol. The van der Waals surface area contributed by atoms with E-state index in [4.69, 9.17) is 5.84 Å². The zero-order valence-electron chi connectivity index (χ0n) is 15.4. The molecule has 0 atom stereocenters. The van der Waals surface area contributed by atoms with E-state index in [0.717, 1.165) is 28.6 Å². The first-order valence-electron chi connectivity index (χ1n) is 8.37. The number of nitrogen functional groups attached to an aromatic ring is 1. The number of hydrogen-bond donors (Lipinski definition) is 2. The third-order valence-corrected chi connectivity index (χ3v) is 4.71. The Morgan fingerprint density at radius 1 is 1.26 bits per heavy atom. The van der Waals surface area contributed by atoms with Gasteiger partial charge in [-0.1, -0.05) is 11.8 Å². The van der Waals surface area contributed by atoms with Crippen LogP contribution in [-0.2, 0) is 4.79 Å². The summed E-state index contributed by atoms with van der Waals surface area (Å²) in [6, 6.07) is 8.30. The van der Waals surface area contributed by atoms with Crippen molar-refractivity contribution in [3.8, 4) is 17.1 Å². The van der Waals surface area contributed by atoms with Gasteiger partial charge < -0.3 is 15.9 Å². The summed E-state index contributed by atoms with van der Waals surface area (Å²) < 4.78 is 43.0. The first kappa shape index (κ1) is 21.9. The van der Waals surface area contributed by atoms with Gasteiger partial charge in [-0.2, -0.15) is 8.78 Å². The fourth-order valence-electron chi connectivity index (χ4n) is 2.44. The van der Waals surface area contributed by atoms with Crippen molar-refractivity contribution >= 4 is 29.0 Å². The Labute approximate surface area is 176 Å². The highest BCUT2D eigenvalue weighted by molar-refractivity contribution is 7.99. The molecule has 0 unspecified atom stereocenters. The first-order valence-corrected chi connectivity index (χ1v) is 9.35. The van der Waals surface area contributed by atoms with Crippen molar-refractivity contribution in [1.82, 2.24) is 14.9 Å². The summed E-state index contributed by atoms with van der Waals surface area (Å²) in [6.45, 7) is -2.95. The molecule has 1 heterocycles. The van der Waals surface area contributed by atoms with Gasteiger partial charge in [-0.15, -0.1) is 10.2 Å². The van der Waals surface area contributed by atoms with Crippen LogP contribution in [-0.4, -0.2) is 38.1 Å². The second-order valence-corrected chi connectivity index (χ2v) is 6.78. The van der Waals surface area contributed by atoms with Gasteiger partial charge in [-0.3, -0.25) is 14.9 Å². The van der Waals surface area contributed by atoms with Crippen LogP contribution in [0, 0.1) is 15.9 Å². The maximum atomic E-state index is 13.2. The number of nitro benzene ring substituents is 1. The molecule has 162 valence electrons. The Morgan fingerprint density at radius 3 is 2.61 bits per heavy atom. The van der Waals surface area contributed by atoms with Crippen molar-refractivity contribution in [2.75, 3.05) is 16.9 Å². The fourth-order valence-corrected chi connectivity index (χ4v) is 3.09. The number of carbonyl (C=O) groups excluding carboxylic acids is 1. The summed E-state index contributed by atoms with van der Waals surface area (Å²) >= 11 is 0.903. The minimum atomic E-state index is -2.95. The van der Waals surface area contributed by atoms with Gasteiger partial charge in [-0.25, -0.2) is 9.07 Å². The molecule has 1 amide bonds. The lowest BCUT2D eigenvalue weighted by Crippen LogP contribution is -2.17. The molecule has 3 rings (SSSR count). The third kappa shape index (κ3) is 5.42. The minimum Gasteiger partial charge on any atom is -0.435 e. The average molecular weight is 454 g/mol. The molecule has 0 aliphatic rings. The molecule has 1 aromatic heterocycles. The Kier molecular flexibility index (Phi) is 6.59. The molecule has 0 saturated heterocycles. The lowest BCUT2D eigenvalue weighted by Gasteiger charge is -2.07. The number of alkyl halides is 2. The molecule has 0 bridgehead atoms. The summed E-state index contributed by atoms with van der Waals surface area (Å²) in [5.74, 6) is 4.46. The predicted molar refractivity (Wildman–Crippen MR) is 105 cm³/mol. The van der Waals surface area contributed by atoms with Gasteiger partial charge in [-0.05, 0) is 36.4 Å². The van der Waals surface area contributed by atoms with E-state index in [1.54, 1.807) is 0 Å². The van der Waals surface area contributed by atoms with Gasteiger partial charge in [0, 0.05) is 5.56 Å². The number of ether oxygens (including phenoxy) is 1. The number of anilines is 1. The molecule has 3 N–H and O–H groups in total. The highest BCUT2D eigenvalue weighted by Crippen LogP contribution is 2.27. The number of carbonyl (C=O) groups is 1. The SMILES string of the molecule is Nn1c(SCC(=O)Nc2ccc(F)cc2[N+](=O)[O-])nnc1-c1ccc(OC(F)F)cc1. The van der Waals surface area contributed by atoms with E-state index in [9.17, 15) is 28.1 Å². The summed E-state index contributed by atoms with van der Waals surface area (Å²) in [6.07, 6.45) is 0. The normalized spacial score (nSPS) is 10.8. The van der Waals surface area contributed by atoms with Gasteiger partial charge in [0.05, 0.1) is 16.7 Å². The van der Waals surface area contributed by atoms with Crippen molar-refractivity contribution in [3.05, 3.63) is 58.4 Å². The number of nitro groups is 1. The number of nitrogens with two attached hydrogens (primary N) is 1. The van der Waals surface area contributed by atoms with Crippen LogP contribution in [0.2, 0.25) is 0 Å². The van der Waals surface area contributed by atoms with Gasteiger partial charge in [0.15, 0.2) is 5.82 Å². The molecular formula is C17H13F3N6O4S. The number of amides is 1. The highest BCUT2D eigenvalue weighted by atomic mass is 32.2. The van der Waals surface area contributed by atoms with Crippen molar-refractivity contribution in [1.29, 1.82) is 0 Å². The number of hydrogen-bond acceptors (Lipinski definition) is 8. The number of aromatic nitrogens is 3. The molecule has 0 aliphatic heterocycles. The number of nitrogens with one attached hydrogen (secondary N) is 1. The van der Waals surface area contributed by atoms with Gasteiger partial charge in [0.25, 0.3) is 5.69 Å². The molecule has 0 saturated carbocycles. The summed E-state index contributed by atoms with van der Waals surface area (Å²) in [5, 5.41) is 21.2. The second kappa shape index (κ2) is 9.34. The second-order valence-electron chi connectivity index (χ2n) is 5.83. The molecule has 0 radical (unpaired) electrons. The van der Waals surface area contributed by atoms with Crippen LogP contribution in [0.15, 0.2) is 47.6 Å². The zero-order valence-corrected chi connectivity index (χ0v) is 16.2. The van der Waals surface area contributed by atoms with Crippen molar-refractivity contribution < 1.29 is 27.6 Å². The maximum Gasteiger partial charge on any atom is 0.387 e. The van der Waals surface area contributed by atoms with E-state index in [1.165, 1.54) is 24.3 Å². The van der Waals surface area contributed by atoms with Crippen LogP contribution in [0.25, 0.3) is 11.4 Å². The lowest BCUT2D eigenvalue weighted by molar-refractivity contribution is -0.384. The van der Waals surface area contributed by atoms with Crippen LogP contribution in [0.3, 0.4) is 0 Å². The zero-order chi connectivity index (χ0) is 22.5. The fraction of sp³-hybridized carbons (Fsp3) is 0.118. The van der Waals surface area contributed by atoms with Crippen LogP contribution in [0.4, 0.5) is 24.5 Å². The lowest BCUT2D eigenvalue weighted by atomic mass is 10.2.